The standard InChI is InChI=1S/C21H20N4OS/c26-20(23-11-9-15-13-24-19-6-2-1-5-18(15)19)8-7-17-14-27-21(25-17)16-4-3-10-22-12-16/h1-6,10,12-14,24H,7-9,11H2,(H,23,26). The lowest BCUT2D eigenvalue weighted by Gasteiger charge is -2.04. The number of aromatic amines is 1. The second kappa shape index (κ2) is 8.14. The number of hydrogen-bond acceptors (Lipinski definition) is 4. The van der Waals surface area contributed by atoms with Crippen molar-refractivity contribution in [2.45, 2.75) is 19.3 Å². The maximum atomic E-state index is 12.1. The van der Waals surface area contributed by atoms with E-state index in [9.17, 15) is 4.79 Å². The van der Waals surface area contributed by atoms with Gasteiger partial charge in [-0.05, 0) is 36.6 Å². The summed E-state index contributed by atoms with van der Waals surface area (Å²) in [7, 11) is 0. The van der Waals surface area contributed by atoms with Crippen LogP contribution < -0.4 is 5.32 Å². The summed E-state index contributed by atoms with van der Waals surface area (Å²) in [5, 5.41) is 7.18. The van der Waals surface area contributed by atoms with Gasteiger partial charge in [0.05, 0.1) is 5.69 Å². The normalized spacial score (nSPS) is 11.0. The number of carbonyl (C=O) groups excluding carboxylic acids is 1. The largest absolute Gasteiger partial charge is 0.361 e. The summed E-state index contributed by atoms with van der Waals surface area (Å²) in [6.45, 7) is 0.638. The van der Waals surface area contributed by atoms with Crippen molar-refractivity contribution in [2.75, 3.05) is 6.54 Å². The Morgan fingerprint density at radius 3 is 2.96 bits per heavy atom. The van der Waals surface area contributed by atoms with E-state index in [0.29, 0.717) is 19.4 Å². The average molecular weight is 376 g/mol. The van der Waals surface area contributed by atoms with E-state index in [2.05, 4.69) is 32.4 Å². The predicted octanol–water partition coefficient (Wildman–Crippen LogP) is 3.98. The van der Waals surface area contributed by atoms with Gasteiger partial charge in [0.15, 0.2) is 0 Å². The van der Waals surface area contributed by atoms with E-state index >= 15 is 0 Å². The van der Waals surface area contributed by atoms with E-state index < -0.39 is 0 Å². The highest BCUT2D eigenvalue weighted by Gasteiger charge is 2.08. The first kappa shape index (κ1) is 17.4. The Labute approximate surface area is 161 Å². The van der Waals surface area contributed by atoms with E-state index in [1.54, 1.807) is 23.7 Å². The molecule has 0 radical (unpaired) electrons. The van der Waals surface area contributed by atoms with Gasteiger partial charge >= 0.3 is 0 Å². The number of H-pyrrole nitrogens is 1. The molecule has 0 atom stereocenters. The highest BCUT2D eigenvalue weighted by atomic mass is 32.1. The molecule has 0 spiro atoms. The fourth-order valence-electron chi connectivity index (χ4n) is 3.05. The number of amides is 1. The number of benzene rings is 1. The van der Waals surface area contributed by atoms with Gasteiger partial charge in [-0.3, -0.25) is 9.78 Å². The van der Waals surface area contributed by atoms with E-state index in [4.69, 9.17) is 0 Å². The van der Waals surface area contributed by atoms with Gasteiger partial charge in [-0.2, -0.15) is 0 Å². The molecule has 2 N–H and O–H groups in total. The fourth-order valence-corrected chi connectivity index (χ4v) is 3.89. The van der Waals surface area contributed by atoms with Crippen molar-refractivity contribution < 1.29 is 4.79 Å². The lowest BCUT2D eigenvalue weighted by atomic mass is 10.1. The molecule has 0 saturated carbocycles. The van der Waals surface area contributed by atoms with E-state index in [0.717, 1.165) is 28.2 Å². The van der Waals surface area contributed by atoms with Crippen LogP contribution in [0.15, 0.2) is 60.4 Å². The molecule has 0 fully saturated rings. The highest BCUT2D eigenvalue weighted by Crippen LogP contribution is 2.23. The van der Waals surface area contributed by atoms with E-state index in [-0.39, 0.29) is 5.91 Å². The minimum Gasteiger partial charge on any atom is -0.361 e. The molecule has 3 heterocycles. The monoisotopic (exact) mass is 376 g/mol. The Morgan fingerprint density at radius 1 is 1.15 bits per heavy atom. The smallest absolute Gasteiger partial charge is 0.220 e. The number of rotatable bonds is 7. The molecule has 0 aliphatic carbocycles. The van der Waals surface area contributed by atoms with Crippen molar-refractivity contribution in [1.29, 1.82) is 0 Å². The summed E-state index contributed by atoms with van der Waals surface area (Å²) in [5.74, 6) is 0.0609. The minimum atomic E-state index is 0.0609. The quantitative estimate of drug-likeness (QED) is 0.512. The van der Waals surface area contributed by atoms with E-state index in [1.807, 2.05) is 35.8 Å². The molecule has 4 aromatic rings. The van der Waals surface area contributed by atoms with Crippen molar-refractivity contribution in [3.8, 4) is 10.6 Å². The van der Waals surface area contributed by atoms with Gasteiger partial charge in [-0.25, -0.2) is 4.98 Å². The zero-order chi connectivity index (χ0) is 18.5. The Balaban J connectivity index is 1.25. The summed E-state index contributed by atoms with van der Waals surface area (Å²) in [6, 6.07) is 12.1. The molecular weight excluding hydrogens is 356 g/mol. The number of hydrogen-bond donors (Lipinski definition) is 2. The molecule has 6 heteroatoms. The van der Waals surface area contributed by atoms with Crippen LogP contribution in [0.3, 0.4) is 0 Å². The first-order valence-electron chi connectivity index (χ1n) is 8.96. The Bertz CT molecular complexity index is 1040. The molecule has 0 unspecified atom stereocenters. The maximum absolute atomic E-state index is 12.1. The SMILES string of the molecule is O=C(CCc1csc(-c2cccnc2)n1)NCCc1c[nH]c2ccccc12. The number of aromatic nitrogens is 3. The highest BCUT2D eigenvalue weighted by molar-refractivity contribution is 7.13. The van der Waals surface area contributed by atoms with Crippen LogP contribution in [-0.4, -0.2) is 27.4 Å². The number of thiazole rings is 1. The number of para-hydroxylation sites is 1. The summed E-state index contributed by atoms with van der Waals surface area (Å²) >= 11 is 1.59. The number of pyridine rings is 1. The molecule has 0 aliphatic rings. The first-order valence-corrected chi connectivity index (χ1v) is 9.84. The van der Waals surface area contributed by atoms with Crippen LogP contribution in [0.25, 0.3) is 21.5 Å². The molecule has 0 saturated heterocycles. The van der Waals surface area contributed by atoms with Crippen molar-refractivity contribution in [3.05, 3.63) is 71.6 Å². The predicted molar refractivity (Wildman–Crippen MR) is 109 cm³/mol. The fraction of sp³-hybridized carbons (Fsp3) is 0.190. The van der Waals surface area contributed by atoms with Crippen molar-refractivity contribution in [2.24, 2.45) is 0 Å². The maximum Gasteiger partial charge on any atom is 0.220 e. The van der Waals surface area contributed by atoms with E-state index in [1.165, 1.54) is 10.9 Å². The van der Waals surface area contributed by atoms with Crippen LogP contribution >= 0.6 is 11.3 Å². The van der Waals surface area contributed by atoms with Gasteiger partial charge in [0, 0.05) is 53.4 Å². The zero-order valence-electron chi connectivity index (χ0n) is 14.8. The molecule has 27 heavy (non-hydrogen) atoms. The molecule has 1 aromatic carbocycles. The third-order valence-corrected chi connectivity index (χ3v) is 5.40. The topological polar surface area (TPSA) is 70.7 Å². The van der Waals surface area contributed by atoms with Crippen molar-refractivity contribution in [1.82, 2.24) is 20.3 Å². The second-order valence-corrected chi connectivity index (χ2v) is 7.20. The molecule has 136 valence electrons. The average Bonchev–Trinajstić information content (AvgIpc) is 3.35. The van der Waals surface area contributed by atoms with Crippen LogP contribution in [0, 0.1) is 0 Å². The van der Waals surface area contributed by atoms with Gasteiger partial charge in [0.25, 0.3) is 0 Å². The Hall–Kier alpha value is -2.99. The van der Waals surface area contributed by atoms with Gasteiger partial charge in [-0.15, -0.1) is 11.3 Å². The number of aryl methyl sites for hydroxylation is 1. The molecule has 1 amide bonds. The number of fused-ring (bicyclic) bond motifs is 1. The van der Waals surface area contributed by atoms with Crippen molar-refractivity contribution in [3.63, 3.8) is 0 Å². The van der Waals surface area contributed by atoms with Gasteiger partial charge in [0.2, 0.25) is 5.91 Å². The zero-order valence-corrected chi connectivity index (χ0v) is 15.6. The lowest BCUT2D eigenvalue weighted by molar-refractivity contribution is -0.121. The summed E-state index contributed by atoms with van der Waals surface area (Å²) in [6.07, 6.45) is 7.49. The Kier molecular flexibility index (Phi) is 5.25. The summed E-state index contributed by atoms with van der Waals surface area (Å²) < 4.78 is 0. The van der Waals surface area contributed by atoms with Gasteiger partial charge < -0.3 is 10.3 Å². The molecule has 4 rings (SSSR count). The number of nitrogens with zero attached hydrogens (tertiary/aromatic N) is 2. The number of carbonyl (C=O) groups is 1. The molecular formula is C21H20N4OS. The molecule has 5 nitrogen and oxygen atoms in total. The van der Waals surface area contributed by atoms with Crippen LogP contribution in [0.5, 0.6) is 0 Å². The van der Waals surface area contributed by atoms with Crippen LogP contribution in [0.2, 0.25) is 0 Å². The first-order chi connectivity index (χ1) is 13.3. The van der Waals surface area contributed by atoms with Crippen LogP contribution in [-0.2, 0) is 17.6 Å². The lowest BCUT2D eigenvalue weighted by Crippen LogP contribution is -2.25. The second-order valence-electron chi connectivity index (χ2n) is 6.35. The van der Waals surface area contributed by atoms with Crippen LogP contribution in [0.1, 0.15) is 17.7 Å². The Morgan fingerprint density at radius 2 is 2.07 bits per heavy atom. The summed E-state index contributed by atoms with van der Waals surface area (Å²) in [5.41, 5.74) is 4.32. The molecule has 0 bridgehead atoms. The van der Waals surface area contributed by atoms with Gasteiger partial charge in [-0.1, -0.05) is 18.2 Å². The molecule has 3 aromatic heterocycles. The third kappa shape index (κ3) is 4.23. The van der Waals surface area contributed by atoms with Crippen molar-refractivity contribution >= 4 is 28.1 Å². The third-order valence-electron chi connectivity index (χ3n) is 4.46. The summed E-state index contributed by atoms with van der Waals surface area (Å²) in [4.78, 5) is 24.1. The number of nitrogens with one attached hydrogen (secondary N) is 2. The van der Waals surface area contributed by atoms with Gasteiger partial charge in [0.1, 0.15) is 5.01 Å². The molecule has 0 aliphatic heterocycles. The minimum absolute atomic E-state index is 0.0609. The van der Waals surface area contributed by atoms with Crippen LogP contribution in [0.4, 0.5) is 0 Å².